The number of aromatic hydroxyl groups is 1. The lowest BCUT2D eigenvalue weighted by Gasteiger charge is -2.61. The molecular formula is C21H32O5. The highest BCUT2D eigenvalue weighted by Crippen LogP contribution is 2.69. The van der Waals surface area contributed by atoms with Crippen LogP contribution in [0.2, 0.25) is 0 Å². The molecule has 0 amide bonds. The van der Waals surface area contributed by atoms with Gasteiger partial charge in [-0.05, 0) is 17.5 Å². The van der Waals surface area contributed by atoms with E-state index in [0.29, 0.717) is 19.8 Å². The molecule has 5 nitrogen and oxygen atoms in total. The van der Waals surface area contributed by atoms with Crippen LogP contribution in [0.15, 0.2) is 24.3 Å². The number of benzene rings is 1. The number of fused-ring (bicyclic) bond motifs is 1. The summed E-state index contributed by atoms with van der Waals surface area (Å²) < 4.78 is 12.3. The van der Waals surface area contributed by atoms with E-state index in [4.69, 9.17) is 19.2 Å². The third kappa shape index (κ3) is 2.68. The van der Waals surface area contributed by atoms with E-state index in [0.717, 1.165) is 5.56 Å². The van der Waals surface area contributed by atoms with Gasteiger partial charge in [-0.3, -0.25) is 0 Å². The first-order valence-electron chi connectivity index (χ1n) is 9.25. The third-order valence-electron chi connectivity index (χ3n) is 5.51. The minimum Gasteiger partial charge on any atom is -0.508 e. The van der Waals surface area contributed by atoms with Gasteiger partial charge in [0.2, 0.25) is 0 Å². The zero-order chi connectivity index (χ0) is 19.4. The lowest BCUT2D eigenvalue weighted by atomic mass is 9.57. The molecule has 0 saturated carbocycles. The van der Waals surface area contributed by atoms with Crippen LogP contribution in [0.25, 0.3) is 0 Å². The maximum Gasteiger partial charge on any atom is 0.261 e. The van der Waals surface area contributed by atoms with Crippen LogP contribution < -0.4 is 0 Å². The van der Waals surface area contributed by atoms with Gasteiger partial charge in [-0.25, -0.2) is 4.89 Å². The average molecular weight is 364 g/mol. The van der Waals surface area contributed by atoms with Crippen LogP contribution in [-0.2, 0) is 25.0 Å². The van der Waals surface area contributed by atoms with Crippen molar-refractivity contribution in [2.45, 2.75) is 59.9 Å². The molecule has 2 aliphatic rings. The fraction of sp³-hybridized carbons (Fsp3) is 0.714. The zero-order valence-corrected chi connectivity index (χ0v) is 17.0. The Bertz CT molecular complexity index is 675. The van der Waals surface area contributed by atoms with Gasteiger partial charge in [0.25, 0.3) is 5.79 Å². The lowest BCUT2D eigenvalue weighted by Crippen LogP contribution is -2.74. The molecule has 0 aliphatic carbocycles. The lowest BCUT2D eigenvalue weighted by molar-refractivity contribution is -0.628. The monoisotopic (exact) mass is 364 g/mol. The molecule has 0 aromatic heterocycles. The minimum atomic E-state index is -1.05. The van der Waals surface area contributed by atoms with E-state index in [1.54, 1.807) is 18.2 Å². The molecule has 1 aromatic carbocycles. The first-order chi connectivity index (χ1) is 11.9. The molecule has 2 fully saturated rings. The van der Waals surface area contributed by atoms with E-state index in [1.807, 2.05) is 6.07 Å². The van der Waals surface area contributed by atoms with Crippen molar-refractivity contribution in [3.8, 4) is 5.75 Å². The van der Waals surface area contributed by atoms with Crippen LogP contribution in [0.1, 0.15) is 54.0 Å². The molecule has 2 saturated heterocycles. The van der Waals surface area contributed by atoms with E-state index in [-0.39, 0.29) is 22.0 Å². The Balaban J connectivity index is 1.98. The molecule has 2 atom stereocenters. The molecule has 2 aliphatic heterocycles. The molecule has 3 rings (SSSR count). The van der Waals surface area contributed by atoms with E-state index in [1.165, 1.54) is 0 Å². The summed E-state index contributed by atoms with van der Waals surface area (Å²) in [6.07, 6.45) is 0. The SMILES string of the molecule is CC(C)(C)COCC(C)(C)C12OOC1(c1cccc(O)c1)OCC2(C)C. The van der Waals surface area contributed by atoms with Crippen LogP contribution in [0.4, 0.5) is 0 Å². The fourth-order valence-corrected chi connectivity index (χ4v) is 4.50. The summed E-state index contributed by atoms with van der Waals surface area (Å²) in [7, 11) is 0. The Labute approximate surface area is 156 Å². The van der Waals surface area contributed by atoms with Crippen molar-refractivity contribution >= 4 is 0 Å². The van der Waals surface area contributed by atoms with E-state index >= 15 is 0 Å². The van der Waals surface area contributed by atoms with Crippen LogP contribution in [0.5, 0.6) is 5.75 Å². The largest absolute Gasteiger partial charge is 0.508 e. The average Bonchev–Trinajstić information content (AvgIpc) is 2.60. The van der Waals surface area contributed by atoms with E-state index < -0.39 is 11.4 Å². The first-order valence-corrected chi connectivity index (χ1v) is 9.25. The summed E-state index contributed by atoms with van der Waals surface area (Å²) in [5.74, 6) is -0.875. The van der Waals surface area contributed by atoms with Gasteiger partial charge in [0.1, 0.15) is 5.75 Å². The molecular weight excluding hydrogens is 332 g/mol. The van der Waals surface area contributed by atoms with Gasteiger partial charge in [-0.1, -0.05) is 60.6 Å². The molecule has 1 N–H and O–H groups in total. The summed E-state index contributed by atoms with van der Waals surface area (Å²) in [6, 6.07) is 7.03. The molecule has 1 aromatic rings. The van der Waals surface area contributed by atoms with Gasteiger partial charge in [-0.2, -0.15) is 4.89 Å². The predicted octanol–water partition coefficient (Wildman–Crippen LogP) is 4.39. The topological polar surface area (TPSA) is 57.2 Å². The highest BCUT2D eigenvalue weighted by atomic mass is 17.3. The smallest absolute Gasteiger partial charge is 0.261 e. The Kier molecular flexibility index (Phi) is 4.47. The van der Waals surface area contributed by atoms with Gasteiger partial charge in [0.05, 0.1) is 19.8 Å². The Morgan fingerprint density at radius 1 is 1.08 bits per heavy atom. The van der Waals surface area contributed by atoms with Crippen molar-refractivity contribution in [3.05, 3.63) is 29.8 Å². The molecule has 5 heteroatoms. The van der Waals surface area contributed by atoms with Gasteiger partial charge >= 0.3 is 0 Å². The van der Waals surface area contributed by atoms with Gasteiger partial charge in [0, 0.05) is 16.4 Å². The second kappa shape index (κ2) is 5.93. The van der Waals surface area contributed by atoms with E-state index in [9.17, 15) is 5.11 Å². The molecule has 0 bridgehead atoms. The second-order valence-electron chi connectivity index (χ2n) is 10.1. The maximum atomic E-state index is 9.97. The first kappa shape index (κ1) is 19.6. The summed E-state index contributed by atoms with van der Waals surface area (Å²) in [4.78, 5) is 11.6. The summed E-state index contributed by atoms with van der Waals surface area (Å²) in [6.45, 7) is 16.7. The quantitative estimate of drug-likeness (QED) is 0.785. The van der Waals surface area contributed by atoms with E-state index in [2.05, 4.69) is 48.5 Å². The van der Waals surface area contributed by atoms with Gasteiger partial charge in [-0.15, -0.1) is 0 Å². The van der Waals surface area contributed by atoms with Crippen molar-refractivity contribution in [3.63, 3.8) is 0 Å². The zero-order valence-electron chi connectivity index (χ0n) is 17.0. The number of rotatable bonds is 5. The Morgan fingerprint density at radius 2 is 1.77 bits per heavy atom. The van der Waals surface area contributed by atoms with Gasteiger partial charge < -0.3 is 14.6 Å². The van der Waals surface area contributed by atoms with Crippen molar-refractivity contribution < 1.29 is 24.4 Å². The molecule has 26 heavy (non-hydrogen) atoms. The van der Waals surface area contributed by atoms with Crippen LogP contribution in [0.3, 0.4) is 0 Å². The normalized spacial score (nSPS) is 30.7. The maximum absolute atomic E-state index is 9.97. The van der Waals surface area contributed by atoms with Gasteiger partial charge in [0.15, 0.2) is 5.60 Å². The Hall–Kier alpha value is -1.14. The van der Waals surface area contributed by atoms with Crippen LogP contribution in [0, 0.1) is 16.2 Å². The van der Waals surface area contributed by atoms with Crippen molar-refractivity contribution in [1.82, 2.24) is 0 Å². The predicted molar refractivity (Wildman–Crippen MR) is 98.5 cm³/mol. The highest BCUT2D eigenvalue weighted by Gasteiger charge is 2.82. The highest BCUT2D eigenvalue weighted by molar-refractivity contribution is 5.37. The fourth-order valence-electron chi connectivity index (χ4n) is 4.50. The number of phenolic OH excluding ortho intramolecular Hbond substituents is 1. The van der Waals surface area contributed by atoms with Crippen LogP contribution in [-0.4, -0.2) is 30.5 Å². The van der Waals surface area contributed by atoms with Crippen molar-refractivity contribution in [2.24, 2.45) is 16.2 Å². The molecule has 0 radical (unpaired) electrons. The third-order valence-corrected chi connectivity index (χ3v) is 5.51. The molecule has 0 spiro atoms. The number of phenols is 1. The summed E-state index contributed by atoms with van der Waals surface area (Å²) >= 11 is 0. The Morgan fingerprint density at radius 3 is 2.31 bits per heavy atom. The van der Waals surface area contributed by atoms with Crippen molar-refractivity contribution in [1.29, 1.82) is 0 Å². The van der Waals surface area contributed by atoms with Crippen molar-refractivity contribution in [2.75, 3.05) is 19.8 Å². The van der Waals surface area contributed by atoms with Crippen LogP contribution >= 0.6 is 0 Å². The standard InChI is InChI=1S/C21H32O5/c1-17(2,3)12-23-13-18(4,5)21-19(6,7)14-24-20(21,25-26-21)15-9-8-10-16(22)11-15/h8-11,22H,12-14H2,1-7H3. The molecule has 146 valence electrons. The minimum absolute atomic E-state index is 0.0920. The number of ether oxygens (including phenoxy) is 2. The molecule has 2 heterocycles. The summed E-state index contributed by atoms with van der Waals surface area (Å²) in [5.41, 5.74) is -0.570. The summed E-state index contributed by atoms with van der Waals surface area (Å²) in [5, 5.41) is 9.97. The number of hydrogen-bond acceptors (Lipinski definition) is 5. The second-order valence-corrected chi connectivity index (χ2v) is 10.1. The molecule has 2 unspecified atom stereocenters. The number of hydrogen-bond donors (Lipinski definition) is 1.